The van der Waals surface area contributed by atoms with E-state index in [0.29, 0.717) is 6.54 Å². The van der Waals surface area contributed by atoms with Crippen LogP contribution in [0.25, 0.3) is 16.8 Å². The van der Waals surface area contributed by atoms with Crippen LogP contribution in [-0.4, -0.2) is 14.4 Å². The monoisotopic (exact) mass is 238 g/mol. The molecule has 0 saturated carbocycles. The molecule has 4 heteroatoms. The molecule has 0 saturated heterocycles. The lowest BCUT2D eigenvalue weighted by molar-refractivity contribution is 1.01. The van der Waals surface area contributed by atoms with E-state index < -0.39 is 0 Å². The Kier molecular flexibility index (Phi) is 2.57. The fraction of sp³-hybridized carbons (Fsp3) is 0.143. The Hall–Kier alpha value is -2.20. The maximum atomic E-state index is 5.64. The van der Waals surface area contributed by atoms with Gasteiger partial charge in [-0.2, -0.15) is 0 Å². The molecular weight excluding hydrogens is 224 g/mol. The van der Waals surface area contributed by atoms with Crippen LogP contribution in [0.1, 0.15) is 11.3 Å². The molecule has 3 rings (SSSR count). The molecule has 0 fully saturated rings. The summed E-state index contributed by atoms with van der Waals surface area (Å²) in [6, 6.07) is 8.23. The summed E-state index contributed by atoms with van der Waals surface area (Å²) >= 11 is 0. The van der Waals surface area contributed by atoms with Gasteiger partial charge in [-0.25, -0.2) is 9.97 Å². The highest BCUT2D eigenvalue weighted by Gasteiger charge is 2.09. The molecule has 90 valence electrons. The predicted octanol–water partition coefficient (Wildman–Crippen LogP) is 2.16. The number of aromatic nitrogens is 3. The lowest BCUT2D eigenvalue weighted by Gasteiger charge is -2.06. The summed E-state index contributed by atoms with van der Waals surface area (Å²) in [7, 11) is 0. The van der Waals surface area contributed by atoms with Crippen molar-refractivity contribution in [3.05, 3.63) is 54.2 Å². The van der Waals surface area contributed by atoms with Crippen LogP contribution in [0.2, 0.25) is 0 Å². The van der Waals surface area contributed by atoms with Crippen LogP contribution < -0.4 is 5.73 Å². The van der Waals surface area contributed by atoms with Gasteiger partial charge < -0.3 is 5.73 Å². The Labute approximate surface area is 105 Å². The van der Waals surface area contributed by atoms with Gasteiger partial charge in [0.15, 0.2) is 0 Å². The van der Waals surface area contributed by atoms with Gasteiger partial charge in [0.2, 0.25) is 0 Å². The van der Waals surface area contributed by atoms with Crippen LogP contribution in [0.4, 0.5) is 0 Å². The minimum Gasteiger partial charge on any atom is -0.325 e. The largest absolute Gasteiger partial charge is 0.325 e. The predicted molar refractivity (Wildman–Crippen MR) is 71.1 cm³/mol. The van der Waals surface area contributed by atoms with Gasteiger partial charge in [-0.05, 0) is 18.1 Å². The zero-order valence-electron chi connectivity index (χ0n) is 10.2. The number of rotatable bonds is 2. The number of benzene rings is 1. The molecule has 2 aromatic heterocycles. The lowest BCUT2D eigenvalue weighted by atomic mass is 10.0. The zero-order valence-corrected chi connectivity index (χ0v) is 10.2. The van der Waals surface area contributed by atoms with E-state index in [0.717, 1.165) is 22.5 Å². The molecule has 2 N–H and O–H groups in total. The maximum Gasteiger partial charge on any atom is 0.147 e. The van der Waals surface area contributed by atoms with E-state index in [2.05, 4.69) is 29.0 Å². The molecule has 18 heavy (non-hydrogen) atoms. The molecule has 0 spiro atoms. The third-order valence-corrected chi connectivity index (χ3v) is 3.06. The Morgan fingerprint density at radius 2 is 2.06 bits per heavy atom. The lowest BCUT2D eigenvalue weighted by Crippen LogP contribution is -1.95. The molecule has 2 heterocycles. The van der Waals surface area contributed by atoms with Crippen molar-refractivity contribution in [2.75, 3.05) is 0 Å². The summed E-state index contributed by atoms with van der Waals surface area (Å²) in [5, 5.41) is 0. The molecule has 0 aliphatic rings. The van der Waals surface area contributed by atoms with Gasteiger partial charge in [-0.3, -0.25) is 4.40 Å². The third-order valence-electron chi connectivity index (χ3n) is 3.06. The zero-order chi connectivity index (χ0) is 12.5. The fourth-order valence-corrected chi connectivity index (χ4v) is 2.13. The second kappa shape index (κ2) is 4.23. The van der Waals surface area contributed by atoms with Crippen LogP contribution in [0.3, 0.4) is 0 Å². The number of nitrogens with zero attached hydrogens (tertiary/aromatic N) is 3. The minimum atomic E-state index is 0.439. The van der Waals surface area contributed by atoms with Gasteiger partial charge in [0.05, 0.1) is 5.69 Å². The van der Waals surface area contributed by atoms with Gasteiger partial charge in [-0.15, -0.1) is 0 Å². The smallest absolute Gasteiger partial charge is 0.147 e. The molecule has 3 aromatic rings. The first kappa shape index (κ1) is 10.9. The number of nitrogens with two attached hydrogens (primary N) is 1. The van der Waals surface area contributed by atoms with E-state index in [9.17, 15) is 0 Å². The first-order chi connectivity index (χ1) is 8.79. The van der Waals surface area contributed by atoms with E-state index in [1.54, 1.807) is 6.33 Å². The summed E-state index contributed by atoms with van der Waals surface area (Å²) in [4.78, 5) is 8.81. The van der Waals surface area contributed by atoms with Crippen LogP contribution in [0, 0.1) is 6.92 Å². The topological polar surface area (TPSA) is 56.2 Å². The highest BCUT2D eigenvalue weighted by atomic mass is 15.0. The van der Waals surface area contributed by atoms with E-state index in [1.807, 2.05) is 28.9 Å². The van der Waals surface area contributed by atoms with Gasteiger partial charge in [0, 0.05) is 24.5 Å². The van der Waals surface area contributed by atoms with Gasteiger partial charge in [0.1, 0.15) is 12.0 Å². The van der Waals surface area contributed by atoms with Crippen LogP contribution in [0.5, 0.6) is 0 Å². The molecule has 0 unspecified atom stereocenters. The van der Waals surface area contributed by atoms with E-state index >= 15 is 0 Å². The number of hydrogen-bond donors (Lipinski definition) is 1. The van der Waals surface area contributed by atoms with E-state index in [1.165, 1.54) is 5.56 Å². The fourth-order valence-electron chi connectivity index (χ4n) is 2.13. The highest BCUT2D eigenvalue weighted by molar-refractivity contribution is 5.78. The normalized spacial score (nSPS) is 11.0. The Balaban J connectivity index is 2.29. The average molecular weight is 238 g/mol. The average Bonchev–Trinajstić information content (AvgIpc) is 2.82. The molecule has 0 atom stereocenters. The first-order valence-corrected chi connectivity index (χ1v) is 5.87. The van der Waals surface area contributed by atoms with Crippen molar-refractivity contribution in [2.45, 2.75) is 13.5 Å². The van der Waals surface area contributed by atoms with Crippen molar-refractivity contribution < 1.29 is 0 Å². The standard InChI is InChI=1S/C14H14N4/c1-10-4-2-3-5-12(10)13-7-16-9-18-8-11(6-15)17-14(13)18/h2-5,7-9H,6,15H2,1H3. The number of aryl methyl sites for hydroxylation is 1. The third kappa shape index (κ3) is 1.67. The molecule has 0 bridgehead atoms. The van der Waals surface area contributed by atoms with E-state index in [4.69, 9.17) is 5.73 Å². The van der Waals surface area contributed by atoms with Crippen LogP contribution >= 0.6 is 0 Å². The minimum absolute atomic E-state index is 0.439. The molecule has 0 aliphatic heterocycles. The molecule has 0 aliphatic carbocycles. The van der Waals surface area contributed by atoms with Gasteiger partial charge >= 0.3 is 0 Å². The number of imidazole rings is 1. The Morgan fingerprint density at radius 3 is 2.83 bits per heavy atom. The van der Waals surface area contributed by atoms with Crippen molar-refractivity contribution >= 4 is 5.65 Å². The summed E-state index contributed by atoms with van der Waals surface area (Å²) in [5.74, 6) is 0. The molecule has 4 nitrogen and oxygen atoms in total. The first-order valence-electron chi connectivity index (χ1n) is 5.87. The van der Waals surface area contributed by atoms with Crippen molar-refractivity contribution in [3.63, 3.8) is 0 Å². The van der Waals surface area contributed by atoms with Crippen molar-refractivity contribution in [3.8, 4) is 11.1 Å². The second-order valence-electron chi connectivity index (χ2n) is 4.29. The summed E-state index contributed by atoms with van der Waals surface area (Å²) in [6.07, 6.45) is 5.53. The van der Waals surface area contributed by atoms with Crippen LogP contribution in [-0.2, 0) is 6.54 Å². The SMILES string of the molecule is Cc1ccccc1-c1cncn2cc(CN)nc12. The van der Waals surface area contributed by atoms with Crippen molar-refractivity contribution in [2.24, 2.45) is 5.73 Å². The molecular formula is C14H14N4. The Bertz CT molecular complexity index is 700. The molecule has 1 aromatic carbocycles. The maximum absolute atomic E-state index is 5.64. The number of fused-ring (bicyclic) bond motifs is 1. The summed E-state index contributed by atoms with van der Waals surface area (Å²) < 4.78 is 1.92. The van der Waals surface area contributed by atoms with E-state index in [-0.39, 0.29) is 0 Å². The highest BCUT2D eigenvalue weighted by Crippen LogP contribution is 2.26. The summed E-state index contributed by atoms with van der Waals surface area (Å²) in [5.41, 5.74) is 10.8. The van der Waals surface area contributed by atoms with Crippen molar-refractivity contribution in [1.82, 2.24) is 14.4 Å². The quantitative estimate of drug-likeness (QED) is 0.744. The van der Waals surface area contributed by atoms with Gasteiger partial charge in [-0.1, -0.05) is 24.3 Å². The second-order valence-corrected chi connectivity index (χ2v) is 4.29. The summed E-state index contributed by atoms with van der Waals surface area (Å²) in [6.45, 7) is 2.53. The van der Waals surface area contributed by atoms with Crippen molar-refractivity contribution in [1.29, 1.82) is 0 Å². The number of hydrogen-bond acceptors (Lipinski definition) is 3. The van der Waals surface area contributed by atoms with Gasteiger partial charge in [0.25, 0.3) is 0 Å². The molecule has 0 radical (unpaired) electrons. The molecule has 0 amide bonds. The Morgan fingerprint density at radius 1 is 1.22 bits per heavy atom. The van der Waals surface area contributed by atoms with Crippen LogP contribution in [0.15, 0.2) is 43.0 Å².